The van der Waals surface area contributed by atoms with Crippen LogP contribution in [0.3, 0.4) is 0 Å². The minimum absolute atomic E-state index is 0.148. The zero-order valence-electron chi connectivity index (χ0n) is 11.1. The maximum Gasteiger partial charge on any atom is 0.224 e. The van der Waals surface area contributed by atoms with Crippen molar-refractivity contribution in [2.24, 2.45) is 10.8 Å². The van der Waals surface area contributed by atoms with Gasteiger partial charge < -0.3 is 10.2 Å². The molecule has 4 N–H and O–H groups in total. The average molecular weight is 243 g/mol. The zero-order valence-corrected chi connectivity index (χ0v) is 11.1. The van der Waals surface area contributed by atoms with Crippen molar-refractivity contribution in [3.8, 4) is 0 Å². The molecule has 0 aromatic rings. The summed E-state index contributed by atoms with van der Waals surface area (Å²) in [5.41, 5.74) is 2.48. The van der Waals surface area contributed by atoms with Crippen LogP contribution in [-0.4, -0.2) is 42.9 Å². The fraction of sp³-hybridized carbons (Fsp3) is 0.818. The van der Waals surface area contributed by atoms with E-state index < -0.39 is 0 Å². The van der Waals surface area contributed by atoms with E-state index in [0.717, 1.165) is 26.1 Å². The van der Waals surface area contributed by atoms with Gasteiger partial charge in [0.2, 0.25) is 11.9 Å². The van der Waals surface area contributed by atoms with Gasteiger partial charge >= 0.3 is 0 Å². The van der Waals surface area contributed by atoms with Crippen LogP contribution >= 0.6 is 0 Å². The first-order valence-corrected chi connectivity index (χ1v) is 6.22. The minimum atomic E-state index is 0.148. The Hall–Kier alpha value is -1.30. The Bertz CT molecular complexity index is 238. The largest absolute Gasteiger partial charge is 0.355 e. The lowest BCUT2D eigenvalue weighted by Crippen LogP contribution is -2.43. The molecule has 1 amide bonds. The normalized spacial score (nSPS) is 11.2. The summed E-state index contributed by atoms with van der Waals surface area (Å²) in [7, 11) is 0. The molecule has 0 aliphatic heterocycles. The van der Waals surface area contributed by atoms with Gasteiger partial charge in [-0.15, -0.1) is 0 Å². The van der Waals surface area contributed by atoms with E-state index in [4.69, 9.17) is 5.84 Å². The maximum atomic E-state index is 11.7. The smallest absolute Gasteiger partial charge is 0.224 e. The number of nitrogens with one attached hydrogen (secondary N) is 2. The summed E-state index contributed by atoms with van der Waals surface area (Å²) in [6, 6.07) is 0. The predicted molar refractivity (Wildman–Crippen MR) is 70.5 cm³/mol. The highest BCUT2D eigenvalue weighted by Gasteiger charge is 2.08. The van der Waals surface area contributed by atoms with Crippen molar-refractivity contribution in [3.05, 3.63) is 0 Å². The SMILES string of the molecule is CCCN=C(NN)NCCC(=O)N(CC)CC. The third-order valence-electron chi connectivity index (χ3n) is 2.38. The number of aliphatic imine (C=N–C) groups is 1. The van der Waals surface area contributed by atoms with E-state index in [0.29, 0.717) is 18.9 Å². The van der Waals surface area contributed by atoms with Gasteiger partial charge in [0.1, 0.15) is 0 Å². The molecule has 0 saturated heterocycles. The quantitative estimate of drug-likeness (QED) is 0.256. The molecule has 6 heteroatoms. The standard InChI is InChI=1S/C11H25N5O/c1-4-8-13-11(15-12)14-9-7-10(17)16(5-2)6-3/h4-9,12H2,1-3H3,(H2,13,14,15). The summed E-state index contributed by atoms with van der Waals surface area (Å²) in [6.45, 7) is 8.76. The second kappa shape index (κ2) is 9.89. The Morgan fingerprint density at radius 2 is 1.94 bits per heavy atom. The molecule has 0 rings (SSSR count). The van der Waals surface area contributed by atoms with Crippen molar-refractivity contribution in [2.75, 3.05) is 26.2 Å². The fourth-order valence-electron chi connectivity index (χ4n) is 1.40. The van der Waals surface area contributed by atoms with Crippen LogP contribution in [0.5, 0.6) is 0 Å². The van der Waals surface area contributed by atoms with Gasteiger partial charge in [-0.1, -0.05) is 6.92 Å². The van der Waals surface area contributed by atoms with Crippen molar-refractivity contribution in [2.45, 2.75) is 33.6 Å². The van der Waals surface area contributed by atoms with E-state index >= 15 is 0 Å². The molecule has 0 fully saturated rings. The summed E-state index contributed by atoms with van der Waals surface area (Å²) in [5.74, 6) is 5.99. The molecule has 0 aliphatic carbocycles. The van der Waals surface area contributed by atoms with Crippen molar-refractivity contribution in [1.82, 2.24) is 15.6 Å². The molecule has 0 aromatic heterocycles. The fourth-order valence-corrected chi connectivity index (χ4v) is 1.40. The van der Waals surface area contributed by atoms with Crippen molar-refractivity contribution >= 4 is 11.9 Å². The monoisotopic (exact) mass is 243 g/mol. The van der Waals surface area contributed by atoms with Crippen LogP contribution in [0.15, 0.2) is 4.99 Å². The van der Waals surface area contributed by atoms with E-state index in [1.807, 2.05) is 20.8 Å². The maximum absolute atomic E-state index is 11.7. The molecule has 100 valence electrons. The molecule has 0 spiro atoms. The van der Waals surface area contributed by atoms with Crippen LogP contribution < -0.4 is 16.6 Å². The van der Waals surface area contributed by atoms with Gasteiger partial charge in [-0.25, -0.2) is 5.84 Å². The molecule has 0 radical (unpaired) electrons. The number of hydrogen-bond acceptors (Lipinski definition) is 3. The molecule has 0 atom stereocenters. The Morgan fingerprint density at radius 1 is 1.29 bits per heavy atom. The molecule has 0 aromatic carbocycles. The topological polar surface area (TPSA) is 82.7 Å². The number of hydrazine groups is 1. The van der Waals surface area contributed by atoms with Crippen LogP contribution in [-0.2, 0) is 4.79 Å². The molecular formula is C11H25N5O. The van der Waals surface area contributed by atoms with Gasteiger partial charge in [-0.2, -0.15) is 0 Å². The van der Waals surface area contributed by atoms with Gasteiger partial charge in [0.05, 0.1) is 0 Å². The van der Waals surface area contributed by atoms with E-state index in [2.05, 4.69) is 15.7 Å². The molecule has 0 aliphatic rings. The molecule has 0 saturated carbocycles. The third-order valence-corrected chi connectivity index (χ3v) is 2.38. The average Bonchev–Trinajstić information content (AvgIpc) is 2.35. The first kappa shape index (κ1) is 15.7. The molecular weight excluding hydrogens is 218 g/mol. The molecule has 0 heterocycles. The molecule has 0 bridgehead atoms. The minimum Gasteiger partial charge on any atom is -0.355 e. The molecule has 6 nitrogen and oxygen atoms in total. The molecule has 0 unspecified atom stereocenters. The van der Waals surface area contributed by atoms with Crippen LogP contribution in [0.4, 0.5) is 0 Å². The summed E-state index contributed by atoms with van der Waals surface area (Å²) < 4.78 is 0. The van der Waals surface area contributed by atoms with Crippen LogP contribution in [0.2, 0.25) is 0 Å². The van der Waals surface area contributed by atoms with Crippen molar-refractivity contribution < 1.29 is 4.79 Å². The first-order chi connectivity index (χ1) is 8.19. The highest BCUT2D eigenvalue weighted by molar-refractivity contribution is 5.80. The lowest BCUT2D eigenvalue weighted by Gasteiger charge is -2.18. The Kier molecular flexibility index (Phi) is 9.14. The number of guanidine groups is 1. The van der Waals surface area contributed by atoms with Gasteiger partial charge in [0.15, 0.2) is 0 Å². The van der Waals surface area contributed by atoms with E-state index in [9.17, 15) is 4.79 Å². The lowest BCUT2D eigenvalue weighted by molar-refractivity contribution is -0.130. The van der Waals surface area contributed by atoms with Crippen molar-refractivity contribution in [1.29, 1.82) is 0 Å². The number of carbonyl (C=O) groups excluding carboxylic acids is 1. The number of nitrogens with zero attached hydrogens (tertiary/aromatic N) is 2. The Labute approximate surface area is 104 Å². The highest BCUT2D eigenvalue weighted by atomic mass is 16.2. The Morgan fingerprint density at radius 3 is 2.41 bits per heavy atom. The van der Waals surface area contributed by atoms with Gasteiger partial charge in [0.25, 0.3) is 0 Å². The molecule has 17 heavy (non-hydrogen) atoms. The highest BCUT2D eigenvalue weighted by Crippen LogP contribution is 1.92. The number of amides is 1. The van der Waals surface area contributed by atoms with Gasteiger partial charge in [0, 0.05) is 32.6 Å². The summed E-state index contributed by atoms with van der Waals surface area (Å²) in [6.07, 6.45) is 1.42. The van der Waals surface area contributed by atoms with E-state index in [1.54, 1.807) is 4.90 Å². The number of hydrogen-bond donors (Lipinski definition) is 3. The van der Waals surface area contributed by atoms with Crippen LogP contribution in [0, 0.1) is 0 Å². The summed E-state index contributed by atoms with van der Waals surface area (Å²) >= 11 is 0. The summed E-state index contributed by atoms with van der Waals surface area (Å²) in [5, 5.41) is 3.00. The van der Waals surface area contributed by atoms with Crippen LogP contribution in [0.25, 0.3) is 0 Å². The van der Waals surface area contributed by atoms with E-state index in [-0.39, 0.29) is 5.91 Å². The zero-order chi connectivity index (χ0) is 13.1. The van der Waals surface area contributed by atoms with Gasteiger partial charge in [-0.3, -0.25) is 15.2 Å². The lowest BCUT2D eigenvalue weighted by atomic mass is 10.3. The predicted octanol–water partition coefficient (Wildman–Crippen LogP) is 0.0638. The third kappa shape index (κ3) is 6.78. The Balaban J connectivity index is 3.92. The van der Waals surface area contributed by atoms with Crippen LogP contribution in [0.1, 0.15) is 33.6 Å². The van der Waals surface area contributed by atoms with Gasteiger partial charge in [-0.05, 0) is 20.3 Å². The van der Waals surface area contributed by atoms with Crippen molar-refractivity contribution in [3.63, 3.8) is 0 Å². The number of rotatable bonds is 7. The number of carbonyl (C=O) groups is 1. The second-order valence-corrected chi connectivity index (χ2v) is 3.62. The number of nitrogens with two attached hydrogens (primary N) is 1. The summed E-state index contributed by atoms with van der Waals surface area (Å²) in [4.78, 5) is 17.7. The van der Waals surface area contributed by atoms with E-state index in [1.165, 1.54) is 0 Å². The first-order valence-electron chi connectivity index (χ1n) is 6.22. The second-order valence-electron chi connectivity index (χ2n) is 3.62.